The van der Waals surface area contributed by atoms with Crippen molar-refractivity contribution in [3.8, 4) is 0 Å². The number of hydrogen-bond acceptors (Lipinski definition) is 7. The van der Waals surface area contributed by atoms with Crippen molar-refractivity contribution in [2.24, 2.45) is 9.98 Å². The molecule has 38 heavy (non-hydrogen) atoms. The number of allylic oxidation sites excluding steroid dienone is 5. The molecule has 0 aliphatic heterocycles. The molecule has 2 aliphatic rings. The molecule has 6 nitrogen and oxygen atoms in total. The summed E-state index contributed by atoms with van der Waals surface area (Å²) in [5.74, 6) is -1.37. The van der Waals surface area contributed by atoms with Crippen molar-refractivity contribution >= 4 is 47.2 Å². The first-order valence-electron chi connectivity index (χ1n) is 12.4. The fraction of sp³-hybridized carbons (Fsp3) is 0.321. The Balaban J connectivity index is 1.46. The summed E-state index contributed by atoms with van der Waals surface area (Å²) in [5, 5.41) is 3.98. The van der Waals surface area contributed by atoms with E-state index in [1.807, 2.05) is 0 Å². The smallest absolute Gasteiger partial charge is 0.157 e. The van der Waals surface area contributed by atoms with Crippen LogP contribution in [0, 0.1) is 11.6 Å². The molecular weight excluding hydrogens is 526 g/mol. The van der Waals surface area contributed by atoms with Gasteiger partial charge in [-0.05, 0) is 94.4 Å². The van der Waals surface area contributed by atoms with E-state index >= 15 is 4.39 Å². The molecule has 0 saturated heterocycles. The molecule has 0 spiro atoms. The lowest BCUT2D eigenvalue weighted by atomic mass is 9.91. The predicted octanol–water partition coefficient (Wildman–Crippen LogP) is 6.53. The van der Waals surface area contributed by atoms with E-state index in [2.05, 4.69) is 50.7 Å². The number of aliphatic imine (C=N–C) groups is 2. The van der Waals surface area contributed by atoms with Crippen LogP contribution in [0.3, 0.4) is 0 Å². The third-order valence-electron chi connectivity index (χ3n) is 6.65. The Labute approximate surface area is 231 Å². The van der Waals surface area contributed by atoms with Crippen molar-refractivity contribution in [3.63, 3.8) is 0 Å². The number of halogens is 3. The number of rotatable bonds is 9. The van der Waals surface area contributed by atoms with Crippen molar-refractivity contribution in [1.82, 2.24) is 15.2 Å². The quantitative estimate of drug-likeness (QED) is 0.271. The van der Waals surface area contributed by atoms with Crippen LogP contribution in [0.1, 0.15) is 31.2 Å². The highest BCUT2D eigenvalue weighted by atomic mass is 35.5. The van der Waals surface area contributed by atoms with E-state index in [-0.39, 0.29) is 11.3 Å². The zero-order chi connectivity index (χ0) is 27.1. The zero-order valence-corrected chi connectivity index (χ0v) is 23.0. The maximum absolute atomic E-state index is 15.5. The van der Waals surface area contributed by atoms with Gasteiger partial charge in [0.25, 0.3) is 0 Å². The molecule has 2 N–H and O–H groups in total. The Kier molecular flexibility index (Phi) is 9.85. The molecule has 0 atom stereocenters. The van der Waals surface area contributed by atoms with Crippen LogP contribution in [0.5, 0.6) is 0 Å². The second-order valence-electron chi connectivity index (χ2n) is 9.40. The summed E-state index contributed by atoms with van der Waals surface area (Å²) in [5.41, 5.74) is 1.69. The van der Waals surface area contributed by atoms with Crippen molar-refractivity contribution < 1.29 is 8.78 Å². The third-order valence-corrected chi connectivity index (χ3v) is 7.64. The van der Waals surface area contributed by atoms with E-state index in [0.29, 0.717) is 45.5 Å². The van der Waals surface area contributed by atoms with Crippen LogP contribution in [-0.4, -0.2) is 55.2 Å². The minimum Gasteiger partial charge on any atom is -0.323 e. The lowest BCUT2D eigenvalue weighted by Gasteiger charge is -2.32. The Bertz CT molecular complexity index is 1280. The first-order chi connectivity index (χ1) is 18.4. The van der Waals surface area contributed by atoms with Crippen LogP contribution in [0.25, 0.3) is 5.57 Å². The standard InChI is InChI=1S/C28H31ClF2N6S/c1-32-14-19-12-18(4-10-25(19)35-17-34-21-5-7-22(8-6-21)37(2)3)27-24(30)9-11-26(28(27)31)36-38-23-13-20(29)15-33-16-23/h4,9-16,21-22,34,36H,1,5-8,17H2,2-3H3/b19-14-,35-25-. The Morgan fingerprint density at radius 1 is 1.18 bits per heavy atom. The number of anilines is 1. The molecule has 200 valence electrons. The van der Waals surface area contributed by atoms with Gasteiger partial charge in [0.15, 0.2) is 5.82 Å². The number of nitrogens with zero attached hydrogens (tertiary/aromatic N) is 4. The second-order valence-corrected chi connectivity index (χ2v) is 10.7. The molecule has 0 bridgehead atoms. The maximum Gasteiger partial charge on any atom is 0.157 e. The van der Waals surface area contributed by atoms with E-state index in [4.69, 9.17) is 11.6 Å². The molecule has 2 aromatic rings. The summed E-state index contributed by atoms with van der Waals surface area (Å²) < 4.78 is 33.2. The molecule has 1 heterocycles. The number of pyridine rings is 1. The summed E-state index contributed by atoms with van der Waals surface area (Å²) in [7, 11) is 4.26. The molecule has 0 radical (unpaired) electrons. The lowest BCUT2D eigenvalue weighted by molar-refractivity contribution is 0.205. The van der Waals surface area contributed by atoms with Gasteiger partial charge in [-0.3, -0.25) is 20.3 Å². The van der Waals surface area contributed by atoms with Gasteiger partial charge in [-0.1, -0.05) is 17.7 Å². The van der Waals surface area contributed by atoms with Gasteiger partial charge in [0.05, 0.1) is 28.7 Å². The number of aromatic nitrogens is 1. The van der Waals surface area contributed by atoms with Gasteiger partial charge >= 0.3 is 0 Å². The van der Waals surface area contributed by atoms with E-state index in [9.17, 15) is 4.39 Å². The molecule has 2 aliphatic carbocycles. The topological polar surface area (TPSA) is 64.9 Å². The predicted molar refractivity (Wildman–Crippen MR) is 155 cm³/mol. The summed E-state index contributed by atoms with van der Waals surface area (Å²) in [4.78, 5) is 15.6. The van der Waals surface area contributed by atoms with Crippen LogP contribution < -0.4 is 10.0 Å². The molecule has 1 fully saturated rings. The first kappa shape index (κ1) is 28.2. The van der Waals surface area contributed by atoms with Crippen LogP contribution in [-0.2, 0) is 0 Å². The molecular formula is C28H31ClF2N6S. The SMILES string of the molecule is C=N/C=C1/C=C(c2c(F)ccc(NSc3cncc(Cl)c3)c2F)C=C/C1=N/CNC1CCC(N(C)C)CC1. The highest BCUT2D eigenvalue weighted by molar-refractivity contribution is 8.00. The van der Waals surface area contributed by atoms with Crippen molar-refractivity contribution in [2.45, 2.75) is 42.7 Å². The second kappa shape index (κ2) is 13.3. The third kappa shape index (κ3) is 7.17. The van der Waals surface area contributed by atoms with Gasteiger partial charge in [-0.2, -0.15) is 0 Å². The van der Waals surface area contributed by atoms with Crippen LogP contribution >= 0.6 is 23.5 Å². The Hall–Kier alpha value is -2.85. The number of benzene rings is 1. The van der Waals surface area contributed by atoms with Crippen LogP contribution in [0.4, 0.5) is 14.5 Å². The average Bonchev–Trinajstić information content (AvgIpc) is 2.90. The van der Waals surface area contributed by atoms with E-state index in [1.165, 1.54) is 18.3 Å². The van der Waals surface area contributed by atoms with Crippen molar-refractivity contribution in [3.05, 3.63) is 82.8 Å². The molecule has 0 amide bonds. The van der Waals surface area contributed by atoms with E-state index in [0.717, 1.165) is 37.6 Å². The first-order valence-corrected chi connectivity index (χ1v) is 13.6. The summed E-state index contributed by atoms with van der Waals surface area (Å²) >= 11 is 7.10. The summed E-state index contributed by atoms with van der Waals surface area (Å²) in [6.07, 6.45) is 14.3. The van der Waals surface area contributed by atoms with Gasteiger partial charge in [0.2, 0.25) is 0 Å². The molecule has 1 aromatic heterocycles. The van der Waals surface area contributed by atoms with Gasteiger partial charge in [0, 0.05) is 41.1 Å². The maximum atomic E-state index is 15.5. The molecule has 4 rings (SSSR count). The fourth-order valence-corrected chi connectivity index (χ4v) is 5.49. The Morgan fingerprint density at radius 2 is 1.97 bits per heavy atom. The molecule has 1 aromatic carbocycles. The lowest BCUT2D eigenvalue weighted by Crippen LogP contribution is -2.39. The molecule has 1 saturated carbocycles. The van der Waals surface area contributed by atoms with E-state index < -0.39 is 11.6 Å². The molecule has 0 unspecified atom stereocenters. The van der Waals surface area contributed by atoms with Gasteiger partial charge in [0.1, 0.15) is 5.82 Å². The van der Waals surface area contributed by atoms with E-state index in [1.54, 1.807) is 36.7 Å². The number of hydrogen-bond donors (Lipinski definition) is 2. The minimum atomic E-state index is -0.704. The normalized spacial score (nSPS) is 21.7. The Morgan fingerprint density at radius 3 is 2.68 bits per heavy atom. The number of nitrogens with one attached hydrogen (secondary N) is 2. The highest BCUT2D eigenvalue weighted by Gasteiger charge is 2.22. The largest absolute Gasteiger partial charge is 0.323 e. The van der Waals surface area contributed by atoms with Crippen LogP contribution in [0.2, 0.25) is 5.02 Å². The van der Waals surface area contributed by atoms with Crippen molar-refractivity contribution in [1.29, 1.82) is 0 Å². The average molecular weight is 557 g/mol. The summed E-state index contributed by atoms with van der Waals surface area (Å²) in [6.45, 7) is 3.99. The zero-order valence-electron chi connectivity index (χ0n) is 21.4. The molecule has 10 heteroatoms. The van der Waals surface area contributed by atoms with Gasteiger partial charge in [-0.25, -0.2) is 8.78 Å². The van der Waals surface area contributed by atoms with Crippen molar-refractivity contribution in [2.75, 3.05) is 25.5 Å². The van der Waals surface area contributed by atoms with Crippen LogP contribution in [0.15, 0.2) is 75.5 Å². The summed E-state index contributed by atoms with van der Waals surface area (Å²) in [6, 6.07) is 5.36. The van der Waals surface area contributed by atoms with Gasteiger partial charge < -0.3 is 9.62 Å². The highest BCUT2D eigenvalue weighted by Crippen LogP contribution is 2.33. The van der Waals surface area contributed by atoms with Gasteiger partial charge in [-0.15, -0.1) is 0 Å². The fourth-order valence-electron chi connectivity index (χ4n) is 4.57. The monoisotopic (exact) mass is 556 g/mol. The minimum absolute atomic E-state index is 0.138.